The number of amides is 1. The molecule has 1 amide bonds. The number of halogens is 1. The zero-order valence-corrected chi connectivity index (χ0v) is 20.1. The average Bonchev–Trinajstić information content (AvgIpc) is 3.44. The smallest absolute Gasteiger partial charge is 0.231 e. The fraction of sp³-hybridized carbons (Fsp3) is 0.429. The molecule has 2 aliphatic heterocycles. The summed E-state index contributed by atoms with van der Waals surface area (Å²) in [5.74, 6) is 0.218. The van der Waals surface area contributed by atoms with Gasteiger partial charge in [0.05, 0.1) is 22.4 Å². The molecule has 0 spiro atoms. The first-order chi connectivity index (χ1) is 15.4. The maximum Gasteiger partial charge on any atom is 0.231 e. The predicted molar refractivity (Wildman–Crippen MR) is 128 cm³/mol. The van der Waals surface area contributed by atoms with E-state index in [0.717, 1.165) is 22.2 Å². The van der Waals surface area contributed by atoms with Crippen molar-refractivity contribution in [1.29, 1.82) is 0 Å². The number of thioether (sulfide) groups is 1. The van der Waals surface area contributed by atoms with Gasteiger partial charge in [-0.3, -0.25) is 4.79 Å². The van der Waals surface area contributed by atoms with Gasteiger partial charge in [-0.05, 0) is 50.1 Å². The number of hydrogen-bond acceptors (Lipinski definition) is 7. The monoisotopic (exact) mass is 496 g/mol. The van der Waals surface area contributed by atoms with Crippen LogP contribution in [-0.4, -0.2) is 59.7 Å². The van der Waals surface area contributed by atoms with Crippen LogP contribution < -0.4 is 5.32 Å². The van der Waals surface area contributed by atoms with E-state index in [9.17, 15) is 17.6 Å². The van der Waals surface area contributed by atoms with Crippen LogP contribution in [0.15, 0.2) is 34.7 Å². The average molecular weight is 497 g/mol. The van der Waals surface area contributed by atoms with E-state index in [2.05, 4.69) is 10.3 Å². The first-order valence-electron chi connectivity index (χ1n) is 10.5. The SMILES string of the molecule is CCS(=O)(=O)N1CCCC(C(=O)N2CCS/C2=C/c2csc(Nc3ccc(F)cc3)n2)C1. The van der Waals surface area contributed by atoms with Gasteiger partial charge in [0.25, 0.3) is 0 Å². The largest absolute Gasteiger partial charge is 0.332 e. The number of rotatable bonds is 6. The predicted octanol–water partition coefficient (Wildman–Crippen LogP) is 3.96. The van der Waals surface area contributed by atoms with Crippen molar-refractivity contribution in [3.8, 4) is 0 Å². The number of benzene rings is 1. The second-order valence-corrected chi connectivity index (χ2v) is 11.9. The maximum absolute atomic E-state index is 13.2. The minimum absolute atomic E-state index is 0.0165. The number of nitrogens with one attached hydrogen (secondary N) is 1. The summed E-state index contributed by atoms with van der Waals surface area (Å²) in [6.07, 6.45) is 3.29. The van der Waals surface area contributed by atoms with Crippen LogP contribution in [0.5, 0.6) is 0 Å². The van der Waals surface area contributed by atoms with Crippen molar-refractivity contribution < 1.29 is 17.6 Å². The quantitative estimate of drug-likeness (QED) is 0.652. The Bertz CT molecular complexity index is 1100. The molecule has 2 aromatic rings. The number of carbonyl (C=O) groups is 1. The molecule has 0 radical (unpaired) electrons. The molecular formula is C21H25FN4O3S3. The fourth-order valence-electron chi connectivity index (χ4n) is 3.76. The molecule has 2 fully saturated rings. The Balaban J connectivity index is 1.44. The normalized spacial score (nSPS) is 21.2. The van der Waals surface area contributed by atoms with Crippen LogP contribution in [0.3, 0.4) is 0 Å². The van der Waals surface area contributed by atoms with E-state index < -0.39 is 10.0 Å². The highest BCUT2D eigenvalue weighted by Gasteiger charge is 2.36. The molecule has 1 aromatic heterocycles. The topological polar surface area (TPSA) is 82.6 Å². The molecule has 0 bridgehead atoms. The van der Waals surface area contributed by atoms with Crippen molar-refractivity contribution in [3.63, 3.8) is 0 Å². The summed E-state index contributed by atoms with van der Waals surface area (Å²) in [6.45, 7) is 2.98. The van der Waals surface area contributed by atoms with Crippen LogP contribution >= 0.6 is 23.1 Å². The zero-order valence-electron chi connectivity index (χ0n) is 17.7. The van der Waals surface area contributed by atoms with Crippen LogP contribution in [0.1, 0.15) is 25.5 Å². The Labute approximate surface area is 195 Å². The molecule has 4 rings (SSSR count). The van der Waals surface area contributed by atoms with Crippen molar-refractivity contribution >= 4 is 55.9 Å². The summed E-state index contributed by atoms with van der Waals surface area (Å²) in [5, 5.41) is 6.56. The molecular weight excluding hydrogens is 471 g/mol. The lowest BCUT2D eigenvalue weighted by Gasteiger charge is -2.33. The molecule has 1 N–H and O–H groups in total. The molecule has 7 nitrogen and oxygen atoms in total. The Hall–Kier alpha value is -1.95. The van der Waals surface area contributed by atoms with Crippen molar-refractivity contribution in [2.75, 3.05) is 36.5 Å². The van der Waals surface area contributed by atoms with E-state index in [4.69, 9.17) is 0 Å². The summed E-state index contributed by atoms with van der Waals surface area (Å²) in [7, 11) is -3.29. The Kier molecular flexibility index (Phi) is 7.18. The number of thiazole rings is 1. The van der Waals surface area contributed by atoms with E-state index in [0.29, 0.717) is 31.1 Å². The highest BCUT2D eigenvalue weighted by molar-refractivity contribution is 8.03. The van der Waals surface area contributed by atoms with Gasteiger partial charge in [0.1, 0.15) is 5.82 Å². The van der Waals surface area contributed by atoms with Gasteiger partial charge in [0, 0.05) is 36.5 Å². The van der Waals surface area contributed by atoms with Gasteiger partial charge in [-0.15, -0.1) is 23.1 Å². The fourth-order valence-corrected chi connectivity index (χ4v) is 6.65. The third-order valence-electron chi connectivity index (χ3n) is 5.48. The van der Waals surface area contributed by atoms with Crippen molar-refractivity contribution in [2.45, 2.75) is 19.8 Å². The van der Waals surface area contributed by atoms with E-state index in [1.54, 1.807) is 35.7 Å². The van der Waals surface area contributed by atoms with E-state index >= 15 is 0 Å². The minimum Gasteiger partial charge on any atom is -0.332 e. The van der Waals surface area contributed by atoms with Crippen LogP contribution in [-0.2, 0) is 14.8 Å². The summed E-state index contributed by atoms with van der Waals surface area (Å²) in [5.41, 5.74) is 1.48. The molecule has 11 heteroatoms. The second kappa shape index (κ2) is 9.90. The van der Waals surface area contributed by atoms with Crippen molar-refractivity contribution in [2.24, 2.45) is 5.92 Å². The van der Waals surface area contributed by atoms with Gasteiger partial charge in [0.2, 0.25) is 15.9 Å². The van der Waals surface area contributed by atoms with Gasteiger partial charge in [-0.25, -0.2) is 22.1 Å². The molecule has 0 saturated carbocycles. The van der Waals surface area contributed by atoms with Gasteiger partial charge < -0.3 is 10.2 Å². The molecule has 0 aliphatic carbocycles. The maximum atomic E-state index is 13.2. The lowest BCUT2D eigenvalue weighted by molar-refractivity contribution is -0.133. The number of aromatic nitrogens is 1. The first kappa shape index (κ1) is 23.2. The van der Waals surface area contributed by atoms with E-state index in [1.165, 1.54) is 27.8 Å². The molecule has 1 atom stereocenters. The third-order valence-corrected chi connectivity index (χ3v) is 9.12. The molecule has 32 heavy (non-hydrogen) atoms. The van der Waals surface area contributed by atoms with Gasteiger partial charge >= 0.3 is 0 Å². The number of piperidine rings is 1. The third kappa shape index (κ3) is 5.33. The van der Waals surface area contributed by atoms with Crippen LogP contribution in [0.25, 0.3) is 6.08 Å². The van der Waals surface area contributed by atoms with Gasteiger partial charge in [-0.2, -0.15) is 0 Å². The van der Waals surface area contributed by atoms with E-state index in [-0.39, 0.29) is 29.9 Å². The molecule has 3 heterocycles. The lowest BCUT2D eigenvalue weighted by atomic mass is 9.98. The Morgan fingerprint density at radius 2 is 2.09 bits per heavy atom. The van der Waals surface area contributed by atoms with E-state index in [1.807, 2.05) is 11.5 Å². The van der Waals surface area contributed by atoms with Gasteiger partial charge in [-0.1, -0.05) is 0 Å². The number of carbonyl (C=O) groups excluding carboxylic acids is 1. The minimum atomic E-state index is -3.29. The Morgan fingerprint density at radius 1 is 1.31 bits per heavy atom. The van der Waals surface area contributed by atoms with Crippen LogP contribution in [0.4, 0.5) is 15.2 Å². The molecule has 1 unspecified atom stereocenters. The summed E-state index contributed by atoms with van der Waals surface area (Å²) >= 11 is 3.03. The number of sulfonamides is 1. The summed E-state index contributed by atoms with van der Waals surface area (Å²) in [6, 6.07) is 6.06. The van der Waals surface area contributed by atoms with Crippen LogP contribution in [0.2, 0.25) is 0 Å². The zero-order chi connectivity index (χ0) is 22.7. The highest BCUT2D eigenvalue weighted by atomic mass is 32.2. The summed E-state index contributed by atoms with van der Waals surface area (Å²) < 4.78 is 39.0. The number of nitrogens with zero attached hydrogens (tertiary/aromatic N) is 3. The second-order valence-electron chi connectivity index (χ2n) is 7.63. The molecule has 172 valence electrons. The molecule has 2 aliphatic rings. The molecule has 1 aromatic carbocycles. The van der Waals surface area contributed by atoms with Gasteiger partial charge in [0.15, 0.2) is 5.13 Å². The summed E-state index contributed by atoms with van der Waals surface area (Å²) in [4.78, 5) is 19.5. The number of anilines is 2. The first-order valence-corrected chi connectivity index (χ1v) is 13.9. The standard InChI is InChI=1S/C21H25FN4O3S3/c1-2-32(28,29)25-9-3-4-15(13-25)20(27)26-10-11-30-19(26)12-18-14-31-21(24-18)23-17-7-5-16(22)6-8-17/h5-8,12,14-15H,2-4,9-11,13H2,1H3,(H,23,24)/b19-12+. The molecule has 2 saturated heterocycles. The van der Waals surface area contributed by atoms with Crippen LogP contribution in [0, 0.1) is 11.7 Å². The highest BCUT2D eigenvalue weighted by Crippen LogP contribution is 2.34. The van der Waals surface area contributed by atoms with Crippen molar-refractivity contribution in [1.82, 2.24) is 14.2 Å². The lowest BCUT2D eigenvalue weighted by Crippen LogP contribution is -2.46. The Morgan fingerprint density at radius 3 is 2.84 bits per heavy atom. The van der Waals surface area contributed by atoms with Crippen molar-refractivity contribution in [3.05, 3.63) is 46.2 Å². The number of hydrogen-bond donors (Lipinski definition) is 1.